The number of methoxy groups -OCH3 is 1. The molecular formula is C28H39IN2O8. The van der Waals surface area contributed by atoms with Gasteiger partial charge in [0.1, 0.15) is 12.2 Å². The normalized spacial score (nSPS) is 25.3. The van der Waals surface area contributed by atoms with Gasteiger partial charge in [0.2, 0.25) is 11.8 Å². The molecule has 0 radical (unpaired) electrons. The van der Waals surface area contributed by atoms with Crippen molar-refractivity contribution < 1.29 is 39.1 Å². The van der Waals surface area contributed by atoms with Crippen molar-refractivity contribution in [1.82, 2.24) is 10.2 Å². The molecule has 3 aliphatic rings. The molecule has 1 heterocycles. The van der Waals surface area contributed by atoms with Crippen molar-refractivity contribution in [3.63, 3.8) is 0 Å². The maximum absolute atomic E-state index is 13.8. The van der Waals surface area contributed by atoms with Crippen LogP contribution in [0.1, 0.15) is 50.5 Å². The number of nitrogens with one attached hydrogen (secondary N) is 1. The Balaban J connectivity index is 1.68. The number of rotatable bonds is 11. The molecule has 0 unspecified atom stereocenters. The third-order valence-corrected chi connectivity index (χ3v) is 8.55. The molecule has 1 saturated carbocycles. The summed E-state index contributed by atoms with van der Waals surface area (Å²) in [5, 5.41) is 33.2. The first-order valence-electron chi connectivity index (χ1n) is 13.7. The SMILES string of the molecule is COc1cc(CO)cc(I)c1O[C@H]1C=C(C(=O)NCCO)C[C@@H](N(C[C@H]2CCCO2)C(=O)C2CCCC2)[C@@H]1O. The van der Waals surface area contributed by atoms with Gasteiger partial charge in [-0.05, 0) is 72.0 Å². The fourth-order valence-corrected chi connectivity index (χ4v) is 6.49. The van der Waals surface area contributed by atoms with Crippen molar-refractivity contribution in [3.05, 3.63) is 32.9 Å². The second-order valence-electron chi connectivity index (χ2n) is 10.4. The molecule has 2 aliphatic carbocycles. The first-order valence-corrected chi connectivity index (χ1v) is 14.8. The lowest BCUT2D eigenvalue weighted by atomic mass is 9.87. The minimum absolute atomic E-state index is 0.0118. The standard InChI is InChI=1S/C28H39IN2O8/c1-37-24-12-17(16-33)11-21(29)26(24)39-23-14-19(27(35)30-8-9-32)13-22(25(23)34)31(15-20-7-4-10-38-20)28(36)18-5-2-3-6-18/h11-12,14,18,20,22-23,25,32-34H,2-10,13,15-16H2,1H3,(H,30,35)/t20-,22-,23+,25+/m1/s1. The van der Waals surface area contributed by atoms with Gasteiger partial charge in [-0.1, -0.05) is 12.8 Å². The summed E-state index contributed by atoms with van der Waals surface area (Å²) in [6.07, 6.45) is 4.94. The number of carbonyl (C=O) groups excluding carboxylic acids is 2. The summed E-state index contributed by atoms with van der Waals surface area (Å²) in [4.78, 5) is 28.6. The van der Waals surface area contributed by atoms with Gasteiger partial charge >= 0.3 is 0 Å². The number of ether oxygens (including phenoxy) is 3. The van der Waals surface area contributed by atoms with Crippen molar-refractivity contribution in [2.45, 2.75) is 75.9 Å². The highest BCUT2D eigenvalue weighted by Gasteiger charge is 2.43. The summed E-state index contributed by atoms with van der Waals surface area (Å²) in [6.45, 7) is 0.706. The maximum atomic E-state index is 13.8. The van der Waals surface area contributed by atoms with Crippen molar-refractivity contribution in [3.8, 4) is 11.5 Å². The first-order chi connectivity index (χ1) is 18.9. The predicted molar refractivity (Wildman–Crippen MR) is 151 cm³/mol. The van der Waals surface area contributed by atoms with Gasteiger partial charge in [-0.3, -0.25) is 9.59 Å². The number of amides is 2. The number of carbonyl (C=O) groups is 2. The molecule has 11 heteroatoms. The Labute approximate surface area is 242 Å². The van der Waals surface area contributed by atoms with Gasteiger partial charge < -0.3 is 39.7 Å². The van der Waals surface area contributed by atoms with Crippen LogP contribution in [0.25, 0.3) is 0 Å². The summed E-state index contributed by atoms with van der Waals surface area (Å²) in [5.74, 6) is 0.263. The van der Waals surface area contributed by atoms with Crippen LogP contribution < -0.4 is 14.8 Å². The average Bonchev–Trinajstić information content (AvgIpc) is 3.67. The quantitative estimate of drug-likeness (QED) is 0.265. The Morgan fingerprint density at radius 1 is 1.18 bits per heavy atom. The molecule has 1 aromatic rings. The van der Waals surface area contributed by atoms with Crippen LogP contribution in [0.5, 0.6) is 11.5 Å². The summed E-state index contributed by atoms with van der Waals surface area (Å²) < 4.78 is 18.4. The number of aliphatic hydroxyl groups is 3. The summed E-state index contributed by atoms with van der Waals surface area (Å²) in [7, 11) is 1.49. The lowest BCUT2D eigenvalue weighted by Gasteiger charge is -2.42. The van der Waals surface area contributed by atoms with E-state index in [-0.39, 0.29) is 50.0 Å². The smallest absolute Gasteiger partial charge is 0.247 e. The highest BCUT2D eigenvalue weighted by molar-refractivity contribution is 14.1. The Bertz CT molecular complexity index is 1040. The topological polar surface area (TPSA) is 138 Å². The van der Waals surface area contributed by atoms with Crippen LogP contribution in [-0.4, -0.2) is 89.8 Å². The van der Waals surface area contributed by atoms with E-state index >= 15 is 0 Å². The summed E-state index contributed by atoms with van der Waals surface area (Å²) in [6, 6.07) is 2.72. The highest BCUT2D eigenvalue weighted by atomic mass is 127. The Morgan fingerprint density at radius 2 is 1.95 bits per heavy atom. The predicted octanol–water partition coefficient (Wildman–Crippen LogP) is 1.91. The zero-order chi connectivity index (χ0) is 27.9. The van der Waals surface area contributed by atoms with E-state index < -0.39 is 18.2 Å². The number of benzene rings is 1. The molecule has 2 fully saturated rings. The van der Waals surface area contributed by atoms with Crippen LogP contribution >= 0.6 is 22.6 Å². The van der Waals surface area contributed by atoms with E-state index in [0.717, 1.165) is 38.5 Å². The number of nitrogens with zero attached hydrogens (tertiary/aromatic N) is 1. The molecule has 4 atom stereocenters. The molecule has 39 heavy (non-hydrogen) atoms. The van der Waals surface area contributed by atoms with E-state index in [1.165, 1.54) is 7.11 Å². The molecule has 1 aliphatic heterocycles. The Morgan fingerprint density at radius 3 is 2.59 bits per heavy atom. The van der Waals surface area contributed by atoms with Crippen LogP contribution in [0.15, 0.2) is 23.8 Å². The van der Waals surface area contributed by atoms with Crippen LogP contribution in [0, 0.1) is 9.49 Å². The van der Waals surface area contributed by atoms with Crippen molar-refractivity contribution in [2.75, 3.05) is 33.4 Å². The largest absolute Gasteiger partial charge is 0.493 e. The molecule has 1 aromatic carbocycles. The molecule has 216 valence electrons. The summed E-state index contributed by atoms with van der Waals surface area (Å²) >= 11 is 2.08. The fraction of sp³-hybridized carbons (Fsp3) is 0.643. The van der Waals surface area contributed by atoms with E-state index in [0.29, 0.717) is 39.4 Å². The van der Waals surface area contributed by atoms with Gasteiger partial charge in [0.15, 0.2) is 11.5 Å². The summed E-state index contributed by atoms with van der Waals surface area (Å²) in [5.41, 5.74) is 1.02. The highest BCUT2D eigenvalue weighted by Crippen LogP contribution is 2.38. The molecule has 4 N–H and O–H groups in total. The average molecular weight is 659 g/mol. The lowest BCUT2D eigenvalue weighted by Crippen LogP contribution is -2.57. The molecule has 2 amide bonds. The monoisotopic (exact) mass is 658 g/mol. The molecular weight excluding hydrogens is 619 g/mol. The zero-order valence-corrected chi connectivity index (χ0v) is 24.5. The van der Waals surface area contributed by atoms with Gasteiger partial charge in [0, 0.05) is 37.6 Å². The van der Waals surface area contributed by atoms with Crippen molar-refractivity contribution in [2.24, 2.45) is 5.92 Å². The van der Waals surface area contributed by atoms with E-state index in [9.17, 15) is 24.9 Å². The molecule has 0 spiro atoms. The van der Waals surface area contributed by atoms with E-state index in [1.807, 2.05) is 0 Å². The second-order valence-corrected chi connectivity index (χ2v) is 11.6. The first kappa shape index (κ1) is 30.0. The van der Waals surface area contributed by atoms with Crippen LogP contribution in [-0.2, 0) is 20.9 Å². The van der Waals surface area contributed by atoms with Gasteiger partial charge in [0.05, 0.1) is 36.0 Å². The van der Waals surface area contributed by atoms with Crippen LogP contribution in [0.2, 0.25) is 0 Å². The van der Waals surface area contributed by atoms with Gasteiger partial charge in [-0.15, -0.1) is 0 Å². The fourth-order valence-electron chi connectivity index (χ4n) is 5.70. The maximum Gasteiger partial charge on any atom is 0.247 e. The van der Waals surface area contributed by atoms with E-state index in [4.69, 9.17) is 14.2 Å². The number of aliphatic hydroxyl groups excluding tert-OH is 3. The van der Waals surface area contributed by atoms with Crippen molar-refractivity contribution in [1.29, 1.82) is 0 Å². The van der Waals surface area contributed by atoms with Crippen molar-refractivity contribution >= 4 is 34.4 Å². The van der Waals surface area contributed by atoms with Gasteiger partial charge in [-0.25, -0.2) is 0 Å². The van der Waals surface area contributed by atoms with Gasteiger partial charge in [0.25, 0.3) is 0 Å². The molecule has 10 nitrogen and oxygen atoms in total. The van der Waals surface area contributed by atoms with Crippen LogP contribution in [0.4, 0.5) is 0 Å². The third kappa shape index (κ3) is 7.24. The second kappa shape index (κ2) is 14.1. The number of hydrogen-bond donors (Lipinski definition) is 4. The molecule has 0 aromatic heterocycles. The molecule has 1 saturated heterocycles. The third-order valence-electron chi connectivity index (χ3n) is 7.75. The van der Waals surface area contributed by atoms with Gasteiger partial charge in [-0.2, -0.15) is 0 Å². The zero-order valence-electron chi connectivity index (χ0n) is 22.3. The number of halogens is 1. The number of hydrogen-bond acceptors (Lipinski definition) is 8. The lowest BCUT2D eigenvalue weighted by molar-refractivity contribution is -0.145. The minimum Gasteiger partial charge on any atom is -0.493 e. The van der Waals surface area contributed by atoms with Crippen LogP contribution in [0.3, 0.4) is 0 Å². The molecule has 4 rings (SSSR count). The Hall–Kier alpha value is -1.93. The van der Waals surface area contributed by atoms with E-state index in [2.05, 4.69) is 27.9 Å². The minimum atomic E-state index is -1.12. The Kier molecular flexibility index (Phi) is 10.9. The van der Waals surface area contributed by atoms with E-state index in [1.54, 1.807) is 23.1 Å². The molecule has 0 bridgehead atoms.